The number of amides is 1. The second kappa shape index (κ2) is 13.0. The summed E-state index contributed by atoms with van der Waals surface area (Å²) in [5.41, 5.74) is 0. The molecule has 1 aromatic rings. The van der Waals surface area contributed by atoms with Crippen molar-refractivity contribution in [1.82, 2.24) is 25.5 Å². The van der Waals surface area contributed by atoms with Crippen LogP contribution >= 0.6 is 0 Å². The number of rotatable bonds is 8. The molecule has 0 spiro atoms. The summed E-state index contributed by atoms with van der Waals surface area (Å²) in [5, 5.41) is 10.4. The standard InChI is InChI=1S/C28H47N7O/c36-27(20-22-10-14-29-15-11-22)31-21-25-24(13-19-35(25)23-8-4-3-5-9-23)32-28-30-16-12-26(33-28)34-17-6-1-2-7-18-34/h12,16,22-25,29H,1-11,13-15,17-21H2,(H,31,36)(H,30,32,33)/t24-,25+/m0/s1. The first-order chi connectivity index (χ1) is 17.8. The third-order valence-electron chi connectivity index (χ3n) is 8.96. The lowest BCUT2D eigenvalue weighted by Crippen LogP contribution is -2.51. The first kappa shape index (κ1) is 25.7. The van der Waals surface area contributed by atoms with Gasteiger partial charge >= 0.3 is 0 Å². The van der Waals surface area contributed by atoms with Crippen LogP contribution in [-0.4, -0.2) is 78.2 Å². The average molecular weight is 498 g/mol. The number of aromatic nitrogens is 2. The predicted molar refractivity (Wildman–Crippen MR) is 145 cm³/mol. The minimum absolute atomic E-state index is 0.218. The van der Waals surface area contributed by atoms with E-state index in [0.29, 0.717) is 24.9 Å². The van der Waals surface area contributed by atoms with Crippen molar-refractivity contribution in [2.24, 2.45) is 5.92 Å². The zero-order valence-electron chi connectivity index (χ0n) is 22.1. The summed E-state index contributed by atoms with van der Waals surface area (Å²) in [6.45, 7) is 6.05. The molecule has 0 unspecified atom stereocenters. The van der Waals surface area contributed by atoms with Crippen molar-refractivity contribution >= 4 is 17.7 Å². The fraction of sp³-hybridized carbons (Fsp3) is 0.821. The van der Waals surface area contributed by atoms with Crippen LogP contribution in [0, 0.1) is 5.92 Å². The molecule has 2 atom stereocenters. The van der Waals surface area contributed by atoms with Gasteiger partial charge in [-0.25, -0.2) is 4.98 Å². The van der Waals surface area contributed by atoms with Crippen LogP contribution in [-0.2, 0) is 4.79 Å². The van der Waals surface area contributed by atoms with E-state index in [1.54, 1.807) is 0 Å². The summed E-state index contributed by atoms with van der Waals surface area (Å²) < 4.78 is 0. The van der Waals surface area contributed by atoms with Gasteiger partial charge in [-0.05, 0) is 70.0 Å². The van der Waals surface area contributed by atoms with E-state index in [0.717, 1.165) is 63.8 Å². The Morgan fingerprint density at radius 3 is 2.47 bits per heavy atom. The van der Waals surface area contributed by atoms with Gasteiger partial charge in [-0.3, -0.25) is 9.69 Å². The molecular weight excluding hydrogens is 450 g/mol. The molecule has 1 aliphatic carbocycles. The fourth-order valence-corrected chi connectivity index (χ4v) is 6.87. The maximum atomic E-state index is 12.9. The maximum Gasteiger partial charge on any atom is 0.224 e. The molecular formula is C28H47N7O. The van der Waals surface area contributed by atoms with Gasteiger partial charge in [0.2, 0.25) is 11.9 Å². The van der Waals surface area contributed by atoms with E-state index >= 15 is 0 Å². The maximum absolute atomic E-state index is 12.9. The predicted octanol–water partition coefficient (Wildman–Crippen LogP) is 3.55. The molecule has 0 radical (unpaired) electrons. The number of nitrogens with zero attached hydrogens (tertiary/aromatic N) is 4. The van der Waals surface area contributed by atoms with Crippen LogP contribution in [0.4, 0.5) is 11.8 Å². The summed E-state index contributed by atoms with van der Waals surface area (Å²) in [7, 11) is 0. The number of hydrogen-bond donors (Lipinski definition) is 3. The number of hydrogen-bond acceptors (Lipinski definition) is 7. The highest BCUT2D eigenvalue weighted by atomic mass is 16.1. The van der Waals surface area contributed by atoms with Crippen LogP contribution in [0.3, 0.4) is 0 Å². The van der Waals surface area contributed by atoms with Crippen molar-refractivity contribution < 1.29 is 4.79 Å². The van der Waals surface area contributed by atoms with Gasteiger partial charge in [-0.1, -0.05) is 32.1 Å². The molecule has 4 aliphatic rings. The van der Waals surface area contributed by atoms with Gasteiger partial charge in [0.05, 0.1) is 0 Å². The quantitative estimate of drug-likeness (QED) is 0.506. The number of carbonyl (C=O) groups is 1. The Morgan fingerprint density at radius 1 is 0.944 bits per heavy atom. The summed E-state index contributed by atoms with van der Waals surface area (Å²) >= 11 is 0. The second-order valence-corrected chi connectivity index (χ2v) is 11.5. The van der Waals surface area contributed by atoms with E-state index in [1.807, 2.05) is 6.20 Å². The molecule has 3 aliphatic heterocycles. The average Bonchev–Trinajstić information content (AvgIpc) is 3.11. The Bertz CT molecular complexity index is 816. The molecule has 8 nitrogen and oxygen atoms in total. The van der Waals surface area contributed by atoms with E-state index in [2.05, 4.69) is 36.8 Å². The number of anilines is 2. The zero-order valence-corrected chi connectivity index (χ0v) is 22.1. The van der Waals surface area contributed by atoms with Crippen LogP contribution in [0.15, 0.2) is 12.3 Å². The fourth-order valence-electron chi connectivity index (χ4n) is 6.87. The largest absolute Gasteiger partial charge is 0.356 e. The molecule has 1 saturated carbocycles. The first-order valence-corrected chi connectivity index (χ1v) is 14.8. The zero-order chi connectivity index (χ0) is 24.6. The Balaban J connectivity index is 1.23. The number of nitrogens with one attached hydrogen (secondary N) is 3. The monoisotopic (exact) mass is 497 g/mol. The molecule has 3 N–H and O–H groups in total. The molecule has 4 fully saturated rings. The summed E-state index contributed by atoms with van der Waals surface area (Å²) in [6.07, 6.45) is 17.6. The van der Waals surface area contributed by atoms with Gasteiger partial charge in [0.1, 0.15) is 5.82 Å². The Kier molecular flexibility index (Phi) is 9.31. The van der Waals surface area contributed by atoms with E-state index in [-0.39, 0.29) is 18.0 Å². The van der Waals surface area contributed by atoms with Gasteiger partial charge in [-0.15, -0.1) is 0 Å². The van der Waals surface area contributed by atoms with E-state index < -0.39 is 0 Å². The van der Waals surface area contributed by atoms with Gasteiger partial charge < -0.3 is 20.9 Å². The van der Waals surface area contributed by atoms with Crippen molar-refractivity contribution in [2.45, 2.75) is 102 Å². The van der Waals surface area contributed by atoms with Crippen LogP contribution in [0.25, 0.3) is 0 Å². The van der Waals surface area contributed by atoms with Gasteiger partial charge in [0.15, 0.2) is 0 Å². The van der Waals surface area contributed by atoms with Crippen molar-refractivity contribution in [1.29, 1.82) is 0 Å². The highest BCUT2D eigenvalue weighted by Gasteiger charge is 2.39. The van der Waals surface area contributed by atoms with E-state index in [9.17, 15) is 4.79 Å². The van der Waals surface area contributed by atoms with Gasteiger partial charge in [0, 0.05) is 56.9 Å². The molecule has 200 valence electrons. The Hall–Kier alpha value is -1.93. The lowest BCUT2D eigenvalue weighted by atomic mass is 9.93. The number of piperidine rings is 1. The Labute approximate surface area is 217 Å². The van der Waals surface area contributed by atoms with E-state index in [4.69, 9.17) is 4.98 Å². The normalized spacial score (nSPS) is 27.1. The van der Waals surface area contributed by atoms with Gasteiger partial charge in [-0.2, -0.15) is 4.98 Å². The lowest BCUT2D eigenvalue weighted by Gasteiger charge is -2.37. The van der Waals surface area contributed by atoms with Crippen LogP contribution in [0.5, 0.6) is 0 Å². The number of likely N-dealkylation sites (tertiary alicyclic amines) is 1. The van der Waals surface area contributed by atoms with E-state index in [1.165, 1.54) is 57.8 Å². The molecule has 1 aromatic heterocycles. The summed E-state index contributed by atoms with van der Waals surface area (Å²) in [4.78, 5) is 27.5. The molecule has 4 heterocycles. The van der Waals surface area contributed by atoms with Crippen LogP contribution in [0.1, 0.15) is 83.5 Å². The van der Waals surface area contributed by atoms with Crippen molar-refractivity contribution in [3.63, 3.8) is 0 Å². The van der Waals surface area contributed by atoms with Crippen LogP contribution in [0.2, 0.25) is 0 Å². The third-order valence-corrected chi connectivity index (χ3v) is 8.96. The molecule has 1 amide bonds. The molecule has 3 saturated heterocycles. The lowest BCUT2D eigenvalue weighted by molar-refractivity contribution is -0.122. The first-order valence-electron chi connectivity index (χ1n) is 14.8. The highest BCUT2D eigenvalue weighted by molar-refractivity contribution is 5.76. The minimum Gasteiger partial charge on any atom is -0.356 e. The molecule has 8 heteroatoms. The topological polar surface area (TPSA) is 85.4 Å². The van der Waals surface area contributed by atoms with Crippen molar-refractivity contribution in [3.05, 3.63) is 12.3 Å². The van der Waals surface area contributed by atoms with Crippen LogP contribution < -0.4 is 20.9 Å². The molecule has 0 bridgehead atoms. The third kappa shape index (κ3) is 6.88. The minimum atomic E-state index is 0.218. The SMILES string of the molecule is O=C(CC1CCNCC1)NC[C@@H]1[C@@H](Nc2nccc(N3CCCCCC3)n2)CCN1C1CCCCC1. The highest BCUT2D eigenvalue weighted by Crippen LogP contribution is 2.31. The Morgan fingerprint density at radius 2 is 1.69 bits per heavy atom. The second-order valence-electron chi connectivity index (χ2n) is 11.5. The molecule has 36 heavy (non-hydrogen) atoms. The summed E-state index contributed by atoms with van der Waals surface area (Å²) in [6, 6.07) is 3.24. The smallest absolute Gasteiger partial charge is 0.224 e. The summed E-state index contributed by atoms with van der Waals surface area (Å²) in [5.74, 6) is 2.52. The van der Waals surface area contributed by atoms with Crippen molar-refractivity contribution in [3.8, 4) is 0 Å². The van der Waals surface area contributed by atoms with Crippen molar-refractivity contribution in [2.75, 3.05) is 49.5 Å². The number of carbonyl (C=O) groups excluding carboxylic acids is 1. The van der Waals surface area contributed by atoms with Gasteiger partial charge in [0.25, 0.3) is 0 Å². The molecule has 0 aromatic carbocycles. The molecule has 5 rings (SSSR count).